The van der Waals surface area contributed by atoms with Crippen molar-refractivity contribution in [2.24, 2.45) is 0 Å². The van der Waals surface area contributed by atoms with Gasteiger partial charge in [-0.1, -0.05) is 42.5 Å². The molecule has 3 aromatic carbocycles. The normalized spacial score (nSPS) is 10.6. The standard InChI is InChI=1S/C28H27N3O4/c1-19-26(20(2)31(30-19)17-22-8-7-9-24(16-22)28(33)34-3)29-27(32)23-14-12-21(13-15-23)18-35-25-10-5-4-6-11-25/h4-16H,17-18H2,1-3H3,(H,29,32). The zero-order chi connectivity index (χ0) is 24.8. The number of amides is 1. The number of esters is 1. The summed E-state index contributed by atoms with van der Waals surface area (Å²) in [5, 5.41) is 7.57. The lowest BCUT2D eigenvalue weighted by molar-refractivity contribution is 0.0600. The molecule has 7 heteroatoms. The van der Waals surface area contributed by atoms with Gasteiger partial charge in [0.2, 0.25) is 0 Å². The van der Waals surface area contributed by atoms with Crippen LogP contribution in [0.25, 0.3) is 0 Å². The molecule has 0 fully saturated rings. The van der Waals surface area contributed by atoms with E-state index in [1.165, 1.54) is 7.11 Å². The van der Waals surface area contributed by atoms with Crippen molar-refractivity contribution in [3.8, 4) is 5.75 Å². The van der Waals surface area contributed by atoms with Crippen molar-refractivity contribution in [1.29, 1.82) is 0 Å². The van der Waals surface area contributed by atoms with Crippen LogP contribution in [0, 0.1) is 13.8 Å². The van der Waals surface area contributed by atoms with Crippen LogP contribution in [-0.2, 0) is 17.9 Å². The van der Waals surface area contributed by atoms with E-state index in [1.54, 1.807) is 24.3 Å². The van der Waals surface area contributed by atoms with Crippen molar-refractivity contribution in [1.82, 2.24) is 9.78 Å². The Morgan fingerprint density at radius 1 is 0.886 bits per heavy atom. The number of benzene rings is 3. The molecule has 0 bridgehead atoms. The molecule has 1 amide bonds. The largest absolute Gasteiger partial charge is 0.489 e. The second-order valence-corrected chi connectivity index (χ2v) is 8.15. The topological polar surface area (TPSA) is 82.5 Å². The fraction of sp³-hybridized carbons (Fsp3) is 0.179. The van der Waals surface area contributed by atoms with Gasteiger partial charge in [0.1, 0.15) is 12.4 Å². The molecular formula is C28H27N3O4. The molecule has 0 aliphatic heterocycles. The number of nitrogens with one attached hydrogen (secondary N) is 1. The molecule has 7 nitrogen and oxygen atoms in total. The maximum atomic E-state index is 12.9. The van der Waals surface area contributed by atoms with Crippen LogP contribution in [0.2, 0.25) is 0 Å². The quantitative estimate of drug-likeness (QED) is 0.360. The number of nitrogens with zero attached hydrogens (tertiary/aromatic N) is 2. The Hall–Kier alpha value is -4.39. The first-order valence-corrected chi connectivity index (χ1v) is 11.2. The minimum atomic E-state index is -0.384. The summed E-state index contributed by atoms with van der Waals surface area (Å²) in [5.74, 6) is 0.207. The van der Waals surface area contributed by atoms with Gasteiger partial charge in [-0.2, -0.15) is 5.10 Å². The Bertz CT molecular complexity index is 1330. The predicted octanol–water partition coefficient (Wildman–Crippen LogP) is 5.17. The van der Waals surface area contributed by atoms with Crippen molar-refractivity contribution >= 4 is 17.6 Å². The molecular weight excluding hydrogens is 442 g/mol. The molecule has 0 aliphatic rings. The van der Waals surface area contributed by atoms with Crippen LogP contribution in [-0.4, -0.2) is 28.8 Å². The average molecular weight is 470 g/mol. The van der Waals surface area contributed by atoms with Crippen molar-refractivity contribution in [3.63, 3.8) is 0 Å². The molecule has 178 valence electrons. The molecule has 1 heterocycles. The number of carbonyl (C=O) groups is 2. The van der Waals surface area contributed by atoms with Gasteiger partial charge in [0, 0.05) is 5.56 Å². The van der Waals surface area contributed by atoms with Crippen LogP contribution in [0.3, 0.4) is 0 Å². The number of aryl methyl sites for hydroxylation is 1. The van der Waals surface area contributed by atoms with Crippen molar-refractivity contribution in [2.75, 3.05) is 12.4 Å². The van der Waals surface area contributed by atoms with Crippen molar-refractivity contribution in [2.45, 2.75) is 27.0 Å². The highest BCUT2D eigenvalue weighted by atomic mass is 16.5. The van der Waals surface area contributed by atoms with Crippen LogP contribution in [0.5, 0.6) is 5.75 Å². The number of anilines is 1. The summed E-state index contributed by atoms with van der Waals surface area (Å²) >= 11 is 0. The summed E-state index contributed by atoms with van der Waals surface area (Å²) in [6.45, 7) is 4.65. The summed E-state index contributed by atoms with van der Waals surface area (Å²) in [7, 11) is 1.36. The number of carbonyl (C=O) groups excluding carboxylic acids is 2. The Balaban J connectivity index is 1.42. The number of hydrogen-bond donors (Lipinski definition) is 1. The molecule has 4 aromatic rings. The number of hydrogen-bond acceptors (Lipinski definition) is 5. The molecule has 0 radical (unpaired) electrons. The minimum absolute atomic E-state index is 0.209. The number of methoxy groups -OCH3 is 1. The molecule has 0 aliphatic carbocycles. The zero-order valence-corrected chi connectivity index (χ0v) is 19.9. The zero-order valence-electron chi connectivity index (χ0n) is 19.9. The summed E-state index contributed by atoms with van der Waals surface area (Å²) in [6, 6.07) is 24.2. The van der Waals surface area contributed by atoms with Gasteiger partial charge in [0.25, 0.3) is 5.91 Å². The van der Waals surface area contributed by atoms with Gasteiger partial charge >= 0.3 is 5.97 Å². The van der Waals surface area contributed by atoms with E-state index in [9.17, 15) is 9.59 Å². The summed E-state index contributed by atoms with van der Waals surface area (Å²) in [4.78, 5) is 24.7. The molecule has 0 atom stereocenters. The SMILES string of the molecule is COC(=O)c1cccc(Cn2nc(C)c(NC(=O)c3ccc(COc4ccccc4)cc3)c2C)c1. The highest BCUT2D eigenvalue weighted by Gasteiger charge is 2.16. The first kappa shape index (κ1) is 23.8. The molecule has 1 N–H and O–H groups in total. The van der Waals surface area contributed by atoms with Crippen LogP contribution < -0.4 is 10.1 Å². The molecule has 0 spiro atoms. The lowest BCUT2D eigenvalue weighted by Gasteiger charge is -2.09. The van der Waals surface area contributed by atoms with Gasteiger partial charge < -0.3 is 14.8 Å². The Kier molecular flexibility index (Phi) is 7.26. The maximum absolute atomic E-state index is 12.9. The monoisotopic (exact) mass is 469 g/mol. The van der Waals surface area contributed by atoms with Crippen molar-refractivity contribution in [3.05, 3.63) is 113 Å². The number of aromatic nitrogens is 2. The maximum Gasteiger partial charge on any atom is 0.337 e. The third-order valence-electron chi connectivity index (χ3n) is 5.67. The molecule has 1 aromatic heterocycles. The smallest absolute Gasteiger partial charge is 0.337 e. The fourth-order valence-electron chi connectivity index (χ4n) is 3.74. The van der Waals surface area contributed by atoms with E-state index in [0.717, 1.165) is 22.6 Å². The van der Waals surface area contributed by atoms with E-state index in [-0.39, 0.29) is 11.9 Å². The lowest BCUT2D eigenvalue weighted by atomic mass is 10.1. The molecule has 35 heavy (non-hydrogen) atoms. The lowest BCUT2D eigenvalue weighted by Crippen LogP contribution is -2.13. The Morgan fingerprint density at radius 2 is 1.63 bits per heavy atom. The highest BCUT2D eigenvalue weighted by Crippen LogP contribution is 2.22. The van der Waals surface area contributed by atoms with Crippen LogP contribution in [0.4, 0.5) is 5.69 Å². The fourth-order valence-corrected chi connectivity index (χ4v) is 3.74. The molecule has 0 saturated carbocycles. The van der Waals surface area contributed by atoms with E-state index in [4.69, 9.17) is 9.47 Å². The number of rotatable bonds is 8. The van der Waals surface area contributed by atoms with Crippen LogP contribution in [0.15, 0.2) is 78.9 Å². The summed E-state index contributed by atoms with van der Waals surface area (Å²) in [5.41, 5.74) is 5.13. The summed E-state index contributed by atoms with van der Waals surface area (Å²) in [6.07, 6.45) is 0. The first-order valence-electron chi connectivity index (χ1n) is 11.2. The Morgan fingerprint density at radius 3 is 2.34 bits per heavy atom. The van der Waals surface area contributed by atoms with Gasteiger partial charge in [-0.3, -0.25) is 9.48 Å². The average Bonchev–Trinajstić information content (AvgIpc) is 3.15. The van der Waals surface area contributed by atoms with Gasteiger partial charge in [-0.15, -0.1) is 0 Å². The van der Waals surface area contributed by atoms with E-state index < -0.39 is 0 Å². The second kappa shape index (κ2) is 10.7. The highest BCUT2D eigenvalue weighted by molar-refractivity contribution is 6.04. The Labute approximate surface area is 204 Å². The molecule has 0 saturated heterocycles. The molecule has 4 rings (SSSR count). The first-order chi connectivity index (χ1) is 16.9. The third-order valence-corrected chi connectivity index (χ3v) is 5.67. The number of ether oxygens (including phenoxy) is 2. The van der Waals surface area contributed by atoms with Crippen LogP contribution in [0.1, 0.15) is 43.2 Å². The van der Waals surface area contributed by atoms with E-state index in [2.05, 4.69) is 10.4 Å². The summed E-state index contributed by atoms with van der Waals surface area (Å²) < 4.78 is 12.4. The van der Waals surface area contributed by atoms with Gasteiger partial charge in [0.05, 0.1) is 36.3 Å². The molecule has 0 unspecified atom stereocenters. The van der Waals surface area contributed by atoms with E-state index in [1.807, 2.05) is 73.1 Å². The third kappa shape index (κ3) is 5.76. The van der Waals surface area contributed by atoms with Crippen molar-refractivity contribution < 1.29 is 19.1 Å². The van der Waals surface area contributed by atoms with Gasteiger partial charge in [-0.25, -0.2) is 4.79 Å². The second-order valence-electron chi connectivity index (χ2n) is 8.15. The van der Waals surface area contributed by atoms with Gasteiger partial charge in [0.15, 0.2) is 0 Å². The minimum Gasteiger partial charge on any atom is -0.489 e. The number of para-hydroxylation sites is 1. The van der Waals surface area contributed by atoms with E-state index in [0.29, 0.717) is 35.7 Å². The van der Waals surface area contributed by atoms with E-state index >= 15 is 0 Å². The van der Waals surface area contributed by atoms with Gasteiger partial charge in [-0.05, 0) is 61.4 Å². The predicted molar refractivity (Wildman–Crippen MR) is 134 cm³/mol. The van der Waals surface area contributed by atoms with Crippen LogP contribution >= 0.6 is 0 Å².